The van der Waals surface area contributed by atoms with Gasteiger partial charge in [0.15, 0.2) is 0 Å². The summed E-state index contributed by atoms with van der Waals surface area (Å²) in [5, 5.41) is 0. The maximum atomic E-state index is 10.5. The van der Waals surface area contributed by atoms with Gasteiger partial charge in [0.2, 0.25) is 5.91 Å². The van der Waals surface area contributed by atoms with Gasteiger partial charge in [0.25, 0.3) is 0 Å². The summed E-state index contributed by atoms with van der Waals surface area (Å²) in [5.41, 5.74) is 10.2. The molecule has 4 heteroatoms. The second-order valence-electron chi connectivity index (χ2n) is 1.69. The Morgan fingerprint density at radius 2 is 2.22 bits per heavy atom. The SMILES string of the molecule is CC(N)=NC(=O)CCN. The topological polar surface area (TPSA) is 81.5 Å². The van der Waals surface area contributed by atoms with Crippen LogP contribution < -0.4 is 11.5 Å². The van der Waals surface area contributed by atoms with Gasteiger partial charge in [-0.3, -0.25) is 4.79 Å². The number of carbonyl (C=O) groups is 1. The first kappa shape index (κ1) is 8.10. The molecule has 0 fully saturated rings. The smallest absolute Gasteiger partial charge is 0.248 e. The van der Waals surface area contributed by atoms with Gasteiger partial charge < -0.3 is 11.5 Å². The van der Waals surface area contributed by atoms with E-state index in [-0.39, 0.29) is 18.2 Å². The molecule has 0 spiro atoms. The molecule has 4 nitrogen and oxygen atoms in total. The fourth-order valence-corrected chi connectivity index (χ4v) is 0.376. The lowest BCUT2D eigenvalue weighted by Crippen LogP contribution is -2.11. The largest absolute Gasteiger partial charge is 0.387 e. The fraction of sp³-hybridized carbons (Fsp3) is 0.600. The number of hydrogen-bond donors (Lipinski definition) is 2. The number of hydrogen-bond acceptors (Lipinski definition) is 2. The Balaban J connectivity index is 3.63. The Bertz CT molecular complexity index is 126. The first-order valence-electron chi connectivity index (χ1n) is 2.70. The van der Waals surface area contributed by atoms with Gasteiger partial charge in [-0.05, 0) is 6.92 Å². The van der Waals surface area contributed by atoms with Crippen LogP contribution in [-0.4, -0.2) is 18.3 Å². The highest BCUT2D eigenvalue weighted by Gasteiger charge is 1.94. The molecule has 0 aromatic rings. The van der Waals surface area contributed by atoms with E-state index < -0.39 is 0 Å². The molecular formula is C5H11N3O. The molecule has 0 saturated heterocycles. The summed E-state index contributed by atoms with van der Waals surface area (Å²) in [4.78, 5) is 13.9. The molecule has 1 amide bonds. The highest BCUT2D eigenvalue weighted by atomic mass is 16.1. The van der Waals surface area contributed by atoms with Gasteiger partial charge in [-0.1, -0.05) is 0 Å². The minimum atomic E-state index is -0.252. The third-order valence-corrected chi connectivity index (χ3v) is 0.659. The third-order valence-electron chi connectivity index (χ3n) is 0.659. The molecule has 0 atom stereocenters. The van der Waals surface area contributed by atoms with Crippen LogP contribution in [0.4, 0.5) is 0 Å². The molecule has 0 aliphatic heterocycles. The molecule has 0 radical (unpaired) electrons. The Hall–Kier alpha value is -0.900. The summed E-state index contributed by atoms with van der Waals surface area (Å²) in [6, 6.07) is 0. The van der Waals surface area contributed by atoms with Crippen LogP contribution in [0.1, 0.15) is 13.3 Å². The molecule has 52 valence electrons. The van der Waals surface area contributed by atoms with Gasteiger partial charge in [-0.25, -0.2) is 4.99 Å². The van der Waals surface area contributed by atoms with Crippen molar-refractivity contribution < 1.29 is 4.79 Å². The summed E-state index contributed by atoms with van der Waals surface area (Å²) in [7, 11) is 0. The molecular weight excluding hydrogens is 118 g/mol. The summed E-state index contributed by atoms with van der Waals surface area (Å²) in [6.07, 6.45) is 0.272. The maximum Gasteiger partial charge on any atom is 0.248 e. The molecule has 4 N–H and O–H groups in total. The van der Waals surface area contributed by atoms with Gasteiger partial charge in [0.05, 0.1) is 5.84 Å². The van der Waals surface area contributed by atoms with Gasteiger partial charge in [0.1, 0.15) is 0 Å². The monoisotopic (exact) mass is 129 g/mol. The summed E-state index contributed by atoms with van der Waals surface area (Å²) >= 11 is 0. The average Bonchev–Trinajstić information content (AvgIpc) is 1.63. The van der Waals surface area contributed by atoms with Gasteiger partial charge in [-0.15, -0.1) is 0 Å². The number of rotatable bonds is 2. The van der Waals surface area contributed by atoms with E-state index in [4.69, 9.17) is 11.5 Å². The van der Waals surface area contributed by atoms with Crippen LogP contribution in [0, 0.1) is 0 Å². The van der Waals surface area contributed by atoms with Gasteiger partial charge in [-0.2, -0.15) is 0 Å². The first-order valence-corrected chi connectivity index (χ1v) is 2.70. The second-order valence-corrected chi connectivity index (χ2v) is 1.69. The minimum absolute atomic E-state index is 0.252. The van der Waals surface area contributed by atoms with Crippen LogP contribution in [0.5, 0.6) is 0 Å². The Morgan fingerprint density at radius 3 is 2.56 bits per heavy atom. The number of aliphatic imine (C=N–C) groups is 1. The molecule has 0 aliphatic carbocycles. The zero-order chi connectivity index (χ0) is 7.28. The number of amidine groups is 1. The highest BCUT2D eigenvalue weighted by molar-refractivity contribution is 5.92. The molecule has 0 bridgehead atoms. The predicted octanol–water partition coefficient (Wildman–Crippen LogP) is -0.761. The highest BCUT2D eigenvalue weighted by Crippen LogP contribution is 1.80. The van der Waals surface area contributed by atoms with E-state index in [9.17, 15) is 4.79 Å². The number of nitrogens with two attached hydrogens (primary N) is 2. The normalized spacial score (nSPS) is 11.6. The van der Waals surface area contributed by atoms with E-state index in [1.807, 2.05) is 0 Å². The lowest BCUT2D eigenvalue weighted by molar-refractivity contribution is -0.117. The maximum absolute atomic E-state index is 10.5. The minimum Gasteiger partial charge on any atom is -0.387 e. The first-order chi connectivity index (χ1) is 4.16. The molecule has 0 aromatic heterocycles. The predicted molar refractivity (Wildman–Crippen MR) is 36.0 cm³/mol. The van der Waals surface area contributed by atoms with E-state index in [1.165, 1.54) is 0 Å². The molecule has 0 unspecified atom stereocenters. The standard InChI is InChI=1S/C5H11N3O/c1-4(7)8-5(9)2-3-6/h2-3,6H2,1H3,(H2,7,8,9). The molecule has 0 saturated carbocycles. The van der Waals surface area contributed by atoms with Crippen LogP contribution in [0.3, 0.4) is 0 Å². The lowest BCUT2D eigenvalue weighted by atomic mass is 10.4. The number of carbonyl (C=O) groups excluding carboxylic acids is 1. The van der Waals surface area contributed by atoms with Crippen LogP contribution in [-0.2, 0) is 4.79 Å². The fourth-order valence-electron chi connectivity index (χ4n) is 0.376. The zero-order valence-electron chi connectivity index (χ0n) is 5.42. The average molecular weight is 129 g/mol. The second kappa shape index (κ2) is 4.03. The summed E-state index contributed by atoms with van der Waals surface area (Å²) in [6.45, 7) is 1.89. The molecule has 0 aromatic carbocycles. The molecule has 9 heavy (non-hydrogen) atoms. The Labute approximate surface area is 53.9 Å². The van der Waals surface area contributed by atoms with E-state index >= 15 is 0 Å². The molecule has 0 aliphatic rings. The Kier molecular flexibility index (Phi) is 3.62. The van der Waals surface area contributed by atoms with Crippen LogP contribution in [0.25, 0.3) is 0 Å². The van der Waals surface area contributed by atoms with Crippen molar-refractivity contribution in [2.24, 2.45) is 16.5 Å². The quantitative estimate of drug-likeness (QED) is 0.380. The van der Waals surface area contributed by atoms with E-state index in [2.05, 4.69) is 4.99 Å². The van der Waals surface area contributed by atoms with Crippen LogP contribution in [0.2, 0.25) is 0 Å². The third kappa shape index (κ3) is 4.96. The van der Waals surface area contributed by atoms with Gasteiger partial charge in [0, 0.05) is 13.0 Å². The summed E-state index contributed by atoms with van der Waals surface area (Å²) < 4.78 is 0. The van der Waals surface area contributed by atoms with E-state index in [1.54, 1.807) is 6.92 Å². The Morgan fingerprint density at radius 1 is 1.67 bits per heavy atom. The van der Waals surface area contributed by atoms with Crippen molar-refractivity contribution in [3.05, 3.63) is 0 Å². The lowest BCUT2D eigenvalue weighted by Gasteiger charge is -1.89. The van der Waals surface area contributed by atoms with Crippen molar-refractivity contribution in [2.45, 2.75) is 13.3 Å². The van der Waals surface area contributed by atoms with E-state index in [0.29, 0.717) is 6.54 Å². The number of nitrogens with zero attached hydrogens (tertiary/aromatic N) is 1. The van der Waals surface area contributed by atoms with Crippen molar-refractivity contribution in [3.63, 3.8) is 0 Å². The molecule has 0 rings (SSSR count). The van der Waals surface area contributed by atoms with Gasteiger partial charge >= 0.3 is 0 Å². The van der Waals surface area contributed by atoms with Crippen molar-refractivity contribution in [1.29, 1.82) is 0 Å². The summed E-state index contributed by atoms with van der Waals surface area (Å²) in [5.74, 6) is 0.0333. The molecule has 0 heterocycles. The van der Waals surface area contributed by atoms with Crippen molar-refractivity contribution >= 4 is 11.7 Å². The van der Waals surface area contributed by atoms with Crippen LogP contribution in [0.15, 0.2) is 4.99 Å². The van der Waals surface area contributed by atoms with Crippen LogP contribution >= 0.6 is 0 Å². The van der Waals surface area contributed by atoms with Crippen molar-refractivity contribution in [3.8, 4) is 0 Å². The number of amides is 1. The van der Waals surface area contributed by atoms with Crippen molar-refractivity contribution in [1.82, 2.24) is 0 Å². The van der Waals surface area contributed by atoms with Crippen molar-refractivity contribution in [2.75, 3.05) is 6.54 Å². The van der Waals surface area contributed by atoms with E-state index in [0.717, 1.165) is 0 Å². The zero-order valence-corrected chi connectivity index (χ0v) is 5.42.